The molecule has 5 heteroatoms. The Bertz CT molecular complexity index is 259. The molecule has 2 heterocycles. The molecule has 2 rings (SSSR count). The fourth-order valence-electron chi connectivity index (χ4n) is 2.76. The molecule has 5 nitrogen and oxygen atoms in total. The fourth-order valence-corrected chi connectivity index (χ4v) is 2.76. The Balaban J connectivity index is 1.73. The van der Waals surface area contributed by atoms with Gasteiger partial charge in [-0.2, -0.15) is 0 Å². The van der Waals surface area contributed by atoms with Crippen LogP contribution in [0.4, 0.5) is 0 Å². The Morgan fingerprint density at radius 3 is 2.44 bits per heavy atom. The topological polar surface area (TPSA) is 58.8 Å². The standard InChI is InChI=1S/C13H25N3O2/c14-4-1-5-15-6-2-12(3-7-15)13(17)16-8-10-18-11-9-16/h12H,1-11,14H2. The van der Waals surface area contributed by atoms with Gasteiger partial charge in [-0.3, -0.25) is 4.79 Å². The molecule has 0 spiro atoms. The molecule has 0 aromatic carbocycles. The molecule has 2 aliphatic heterocycles. The minimum Gasteiger partial charge on any atom is -0.378 e. The molecule has 0 aromatic heterocycles. The van der Waals surface area contributed by atoms with Crippen molar-refractivity contribution in [2.24, 2.45) is 11.7 Å². The zero-order valence-electron chi connectivity index (χ0n) is 11.1. The molecule has 0 aromatic rings. The van der Waals surface area contributed by atoms with Gasteiger partial charge in [0, 0.05) is 19.0 Å². The summed E-state index contributed by atoms with van der Waals surface area (Å²) in [6, 6.07) is 0. The van der Waals surface area contributed by atoms with Crippen molar-refractivity contribution >= 4 is 5.91 Å². The van der Waals surface area contributed by atoms with E-state index >= 15 is 0 Å². The maximum absolute atomic E-state index is 12.3. The molecule has 2 N–H and O–H groups in total. The molecule has 104 valence electrons. The Morgan fingerprint density at radius 2 is 1.83 bits per heavy atom. The Morgan fingerprint density at radius 1 is 1.17 bits per heavy atom. The first-order chi connectivity index (χ1) is 8.81. The van der Waals surface area contributed by atoms with E-state index in [-0.39, 0.29) is 5.92 Å². The lowest BCUT2D eigenvalue weighted by Gasteiger charge is -2.35. The SMILES string of the molecule is NCCCN1CCC(C(=O)N2CCOCC2)CC1. The van der Waals surface area contributed by atoms with Crippen molar-refractivity contribution < 1.29 is 9.53 Å². The predicted molar refractivity (Wildman–Crippen MR) is 70.2 cm³/mol. The van der Waals surface area contributed by atoms with E-state index in [1.54, 1.807) is 0 Å². The highest BCUT2D eigenvalue weighted by Gasteiger charge is 2.28. The summed E-state index contributed by atoms with van der Waals surface area (Å²) in [5.41, 5.74) is 5.52. The molecular weight excluding hydrogens is 230 g/mol. The number of nitrogens with two attached hydrogens (primary N) is 1. The van der Waals surface area contributed by atoms with Crippen LogP contribution in [0.25, 0.3) is 0 Å². The van der Waals surface area contributed by atoms with Gasteiger partial charge in [-0.25, -0.2) is 0 Å². The van der Waals surface area contributed by atoms with Crippen molar-refractivity contribution in [3.8, 4) is 0 Å². The summed E-state index contributed by atoms with van der Waals surface area (Å²) in [4.78, 5) is 16.7. The van der Waals surface area contributed by atoms with E-state index in [1.165, 1.54) is 0 Å². The number of hydrogen-bond donors (Lipinski definition) is 1. The van der Waals surface area contributed by atoms with Crippen LogP contribution in [0.15, 0.2) is 0 Å². The van der Waals surface area contributed by atoms with Crippen LogP contribution in [0.5, 0.6) is 0 Å². The number of ether oxygens (including phenoxy) is 1. The predicted octanol–water partition coefficient (Wildman–Crippen LogP) is -0.0940. The van der Waals surface area contributed by atoms with Crippen LogP contribution < -0.4 is 5.73 Å². The van der Waals surface area contributed by atoms with Gasteiger partial charge in [0.25, 0.3) is 0 Å². The van der Waals surface area contributed by atoms with Gasteiger partial charge in [0.05, 0.1) is 13.2 Å². The van der Waals surface area contributed by atoms with Gasteiger partial charge in [0.1, 0.15) is 0 Å². The summed E-state index contributed by atoms with van der Waals surface area (Å²) in [5, 5.41) is 0. The van der Waals surface area contributed by atoms with E-state index < -0.39 is 0 Å². The monoisotopic (exact) mass is 255 g/mol. The van der Waals surface area contributed by atoms with E-state index in [4.69, 9.17) is 10.5 Å². The molecule has 0 radical (unpaired) electrons. The molecule has 0 aliphatic carbocycles. The Kier molecular flexibility index (Phi) is 5.41. The smallest absolute Gasteiger partial charge is 0.225 e. The maximum Gasteiger partial charge on any atom is 0.225 e. The molecule has 0 atom stereocenters. The first-order valence-electron chi connectivity index (χ1n) is 7.10. The molecule has 1 amide bonds. The van der Waals surface area contributed by atoms with Gasteiger partial charge in [-0.1, -0.05) is 0 Å². The number of carbonyl (C=O) groups is 1. The van der Waals surface area contributed by atoms with Gasteiger partial charge in [-0.15, -0.1) is 0 Å². The van der Waals surface area contributed by atoms with Gasteiger partial charge in [0.2, 0.25) is 5.91 Å². The molecule has 2 fully saturated rings. The van der Waals surface area contributed by atoms with Crippen molar-refractivity contribution in [1.82, 2.24) is 9.80 Å². The van der Waals surface area contributed by atoms with Crippen LogP contribution in [0.1, 0.15) is 19.3 Å². The Labute approximate surface area is 109 Å². The van der Waals surface area contributed by atoms with Crippen molar-refractivity contribution in [2.75, 3.05) is 52.5 Å². The number of nitrogens with zero attached hydrogens (tertiary/aromatic N) is 2. The first kappa shape index (κ1) is 13.8. The lowest BCUT2D eigenvalue weighted by Crippen LogP contribution is -2.46. The summed E-state index contributed by atoms with van der Waals surface area (Å²) in [5.74, 6) is 0.578. The van der Waals surface area contributed by atoms with Crippen LogP contribution in [0.3, 0.4) is 0 Å². The quantitative estimate of drug-likeness (QED) is 0.762. The molecule has 0 unspecified atom stereocenters. The summed E-state index contributed by atoms with van der Waals surface area (Å²) in [6.07, 6.45) is 3.06. The number of piperidine rings is 1. The van der Waals surface area contributed by atoms with Crippen molar-refractivity contribution in [3.63, 3.8) is 0 Å². The number of hydrogen-bond acceptors (Lipinski definition) is 4. The number of carbonyl (C=O) groups excluding carboxylic acids is 1. The molecule has 0 bridgehead atoms. The second-order valence-corrected chi connectivity index (χ2v) is 5.20. The van der Waals surface area contributed by atoms with Gasteiger partial charge in [-0.05, 0) is 45.4 Å². The van der Waals surface area contributed by atoms with E-state index in [0.717, 1.165) is 58.5 Å². The van der Waals surface area contributed by atoms with E-state index in [1.807, 2.05) is 4.90 Å². The molecule has 18 heavy (non-hydrogen) atoms. The first-order valence-corrected chi connectivity index (χ1v) is 7.10. The lowest BCUT2D eigenvalue weighted by atomic mass is 9.95. The number of morpholine rings is 1. The summed E-state index contributed by atoms with van der Waals surface area (Å²) in [7, 11) is 0. The minimum atomic E-state index is 0.234. The number of rotatable bonds is 4. The van der Waals surface area contributed by atoms with Crippen LogP contribution in [-0.2, 0) is 9.53 Å². The summed E-state index contributed by atoms with van der Waals surface area (Å²) in [6.45, 7) is 6.85. The highest BCUT2D eigenvalue weighted by Crippen LogP contribution is 2.20. The zero-order valence-corrected chi connectivity index (χ0v) is 11.1. The highest BCUT2D eigenvalue weighted by molar-refractivity contribution is 5.79. The van der Waals surface area contributed by atoms with Gasteiger partial charge >= 0.3 is 0 Å². The maximum atomic E-state index is 12.3. The van der Waals surface area contributed by atoms with Gasteiger partial charge < -0.3 is 20.3 Å². The van der Waals surface area contributed by atoms with E-state index in [0.29, 0.717) is 19.1 Å². The van der Waals surface area contributed by atoms with Crippen LogP contribution >= 0.6 is 0 Å². The molecular formula is C13H25N3O2. The van der Waals surface area contributed by atoms with E-state index in [2.05, 4.69) is 4.90 Å². The fraction of sp³-hybridized carbons (Fsp3) is 0.923. The third-order valence-electron chi connectivity index (χ3n) is 3.94. The van der Waals surface area contributed by atoms with E-state index in [9.17, 15) is 4.79 Å². The van der Waals surface area contributed by atoms with Crippen molar-refractivity contribution in [3.05, 3.63) is 0 Å². The molecule has 0 saturated carbocycles. The van der Waals surface area contributed by atoms with Crippen LogP contribution in [-0.4, -0.2) is 68.2 Å². The lowest BCUT2D eigenvalue weighted by molar-refractivity contribution is -0.141. The average Bonchev–Trinajstić information content (AvgIpc) is 2.46. The second-order valence-electron chi connectivity index (χ2n) is 5.20. The van der Waals surface area contributed by atoms with Crippen molar-refractivity contribution in [1.29, 1.82) is 0 Å². The zero-order chi connectivity index (χ0) is 12.8. The van der Waals surface area contributed by atoms with Crippen LogP contribution in [0.2, 0.25) is 0 Å². The number of likely N-dealkylation sites (tertiary alicyclic amines) is 1. The third kappa shape index (κ3) is 3.67. The average molecular weight is 255 g/mol. The minimum absolute atomic E-state index is 0.234. The highest BCUT2D eigenvalue weighted by atomic mass is 16.5. The van der Waals surface area contributed by atoms with Crippen molar-refractivity contribution in [2.45, 2.75) is 19.3 Å². The largest absolute Gasteiger partial charge is 0.378 e. The summed E-state index contributed by atoms with van der Waals surface area (Å²) >= 11 is 0. The normalized spacial score (nSPS) is 23.3. The Hall–Kier alpha value is -0.650. The summed E-state index contributed by atoms with van der Waals surface area (Å²) < 4.78 is 5.28. The van der Waals surface area contributed by atoms with Gasteiger partial charge in [0.15, 0.2) is 0 Å². The number of amides is 1. The second kappa shape index (κ2) is 7.07. The molecule has 2 aliphatic rings. The third-order valence-corrected chi connectivity index (χ3v) is 3.94. The van der Waals surface area contributed by atoms with Crippen LogP contribution in [0, 0.1) is 5.92 Å². The molecule has 2 saturated heterocycles.